The third-order valence-corrected chi connectivity index (χ3v) is 5.36. The molecular weight excluding hydrogens is 322 g/mol. The number of likely N-dealkylation sites (tertiary alicyclic amines) is 1. The summed E-state index contributed by atoms with van der Waals surface area (Å²) in [5.74, 6) is 1.98. The van der Waals surface area contributed by atoms with Crippen LogP contribution in [0.25, 0.3) is 0 Å². The van der Waals surface area contributed by atoms with E-state index in [2.05, 4.69) is 20.1 Å². The summed E-state index contributed by atoms with van der Waals surface area (Å²) in [6.45, 7) is 1.96. The summed E-state index contributed by atoms with van der Waals surface area (Å²) < 4.78 is 10.8. The van der Waals surface area contributed by atoms with Crippen molar-refractivity contribution in [2.45, 2.75) is 43.4 Å². The number of hydrogen-bond acceptors (Lipinski definition) is 6. The van der Waals surface area contributed by atoms with Gasteiger partial charge in [-0.25, -0.2) is 4.98 Å². The summed E-state index contributed by atoms with van der Waals surface area (Å²) in [6, 6.07) is 0. The van der Waals surface area contributed by atoms with E-state index < -0.39 is 0 Å². The molecule has 1 saturated heterocycles. The molecule has 0 unspecified atom stereocenters. The number of rotatable bonds is 6. The molecular formula is C17H23N5O3. The minimum absolute atomic E-state index is 0.00961. The van der Waals surface area contributed by atoms with Crippen LogP contribution in [0.5, 0.6) is 0 Å². The van der Waals surface area contributed by atoms with Gasteiger partial charge in [-0.3, -0.25) is 4.79 Å². The highest BCUT2D eigenvalue weighted by Crippen LogP contribution is 2.42. The van der Waals surface area contributed by atoms with Gasteiger partial charge in [0, 0.05) is 38.1 Å². The zero-order chi connectivity index (χ0) is 17.3. The molecule has 0 radical (unpaired) electrons. The molecule has 1 N–H and O–H groups in total. The molecule has 25 heavy (non-hydrogen) atoms. The monoisotopic (exact) mass is 345 g/mol. The molecule has 2 fully saturated rings. The van der Waals surface area contributed by atoms with Crippen LogP contribution in [-0.2, 0) is 10.2 Å². The number of carbonyl (C=O) groups excluding carboxylic acids is 1. The first kappa shape index (κ1) is 16.3. The Labute approximate surface area is 146 Å². The Morgan fingerprint density at radius 1 is 1.44 bits per heavy atom. The first-order valence-corrected chi connectivity index (χ1v) is 8.82. The highest BCUT2D eigenvalue weighted by atomic mass is 16.5. The van der Waals surface area contributed by atoms with Crippen molar-refractivity contribution in [2.24, 2.45) is 0 Å². The maximum Gasteiger partial charge on any atom is 0.271 e. The van der Waals surface area contributed by atoms with E-state index in [1.807, 2.05) is 4.90 Å². The second-order valence-electron chi connectivity index (χ2n) is 7.01. The molecule has 2 aromatic rings. The summed E-state index contributed by atoms with van der Waals surface area (Å²) in [7, 11) is 1.70. The lowest BCUT2D eigenvalue weighted by molar-refractivity contribution is 0.0611. The van der Waals surface area contributed by atoms with Gasteiger partial charge in [0.2, 0.25) is 5.89 Å². The van der Waals surface area contributed by atoms with Gasteiger partial charge in [0.15, 0.2) is 5.82 Å². The lowest BCUT2D eigenvalue weighted by Gasteiger charge is -2.39. The van der Waals surface area contributed by atoms with Gasteiger partial charge in [-0.1, -0.05) is 5.16 Å². The van der Waals surface area contributed by atoms with Gasteiger partial charge < -0.3 is 19.1 Å². The SMILES string of the molecule is COCCC1(c2noc(C3CC3)n2)CCN(C(=O)c2cnc[nH]2)CC1. The number of nitrogens with zero attached hydrogens (tertiary/aromatic N) is 4. The summed E-state index contributed by atoms with van der Waals surface area (Å²) in [6.07, 6.45) is 7.81. The van der Waals surface area contributed by atoms with Crippen molar-refractivity contribution >= 4 is 5.91 Å². The van der Waals surface area contributed by atoms with E-state index in [4.69, 9.17) is 9.26 Å². The van der Waals surface area contributed by atoms with Crippen LogP contribution >= 0.6 is 0 Å². The van der Waals surface area contributed by atoms with Gasteiger partial charge in [0.25, 0.3) is 5.91 Å². The van der Waals surface area contributed by atoms with Crippen molar-refractivity contribution in [2.75, 3.05) is 26.8 Å². The number of H-pyrrole nitrogens is 1. The zero-order valence-corrected chi connectivity index (χ0v) is 14.4. The molecule has 8 nitrogen and oxygen atoms in total. The molecule has 1 amide bonds. The Hall–Kier alpha value is -2.22. The number of imidazole rings is 1. The largest absolute Gasteiger partial charge is 0.385 e. The number of hydrogen-bond donors (Lipinski definition) is 1. The minimum atomic E-state index is -0.183. The van der Waals surface area contributed by atoms with E-state index in [1.54, 1.807) is 13.3 Å². The fourth-order valence-electron chi connectivity index (χ4n) is 3.51. The van der Waals surface area contributed by atoms with E-state index in [1.165, 1.54) is 6.33 Å². The molecule has 1 saturated carbocycles. The van der Waals surface area contributed by atoms with Crippen molar-refractivity contribution in [3.63, 3.8) is 0 Å². The van der Waals surface area contributed by atoms with Crippen molar-refractivity contribution in [1.82, 2.24) is 25.0 Å². The molecule has 1 aliphatic heterocycles. The molecule has 0 spiro atoms. The molecule has 134 valence electrons. The molecule has 0 bridgehead atoms. The predicted molar refractivity (Wildman–Crippen MR) is 88.2 cm³/mol. The minimum Gasteiger partial charge on any atom is -0.385 e. The standard InChI is InChI=1S/C17H23N5O3/c1-24-9-6-17(16-20-14(25-21-16)12-2-3-12)4-7-22(8-5-17)15(23)13-10-18-11-19-13/h10-12H,2-9H2,1H3,(H,18,19). The quantitative estimate of drug-likeness (QED) is 0.858. The van der Waals surface area contributed by atoms with Gasteiger partial charge in [0.1, 0.15) is 5.69 Å². The first-order chi connectivity index (χ1) is 12.2. The van der Waals surface area contributed by atoms with E-state index >= 15 is 0 Å². The van der Waals surface area contributed by atoms with E-state index in [9.17, 15) is 4.79 Å². The van der Waals surface area contributed by atoms with Gasteiger partial charge in [-0.05, 0) is 32.1 Å². The van der Waals surface area contributed by atoms with Gasteiger partial charge >= 0.3 is 0 Å². The van der Waals surface area contributed by atoms with E-state index in [0.717, 1.165) is 43.8 Å². The molecule has 2 aromatic heterocycles. The smallest absolute Gasteiger partial charge is 0.271 e. The summed E-state index contributed by atoms with van der Waals surface area (Å²) in [5.41, 5.74) is 0.345. The van der Waals surface area contributed by atoms with Crippen molar-refractivity contribution in [3.05, 3.63) is 29.9 Å². The van der Waals surface area contributed by atoms with E-state index in [0.29, 0.717) is 31.3 Å². The maximum absolute atomic E-state index is 12.5. The van der Waals surface area contributed by atoms with Gasteiger partial charge in [0.05, 0.1) is 12.5 Å². The highest BCUT2D eigenvalue weighted by Gasteiger charge is 2.42. The molecule has 4 rings (SSSR count). The Morgan fingerprint density at radius 2 is 2.24 bits per heavy atom. The normalized spacial score (nSPS) is 20.0. The highest BCUT2D eigenvalue weighted by molar-refractivity contribution is 5.92. The summed E-state index contributed by atoms with van der Waals surface area (Å²) in [5, 5.41) is 4.28. The maximum atomic E-state index is 12.5. The predicted octanol–water partition coefficient (Wildman–Crippen LogP) is 1.88. The Kier molecular flexibility index (Phi) is 4.29. The van der Waals surface area contributed by atoms with Crippen LogP contribution in [0.3, 0.4) is 0 Å². The number of methoxy groups -OCH3 is 1. The van der Waals surface area contributed by atoms with Crippen molar-refractivity contribution < 1.29 is 14.1 Å². The van der Waals surface area contributed by atoms with Crippen molar-refractivity contribution in [1.29, 1.82) is 0 Å². The lowest BCUT2D eigenvalue weighted by Crippen LogP contribution is -2.46. The third kappa shape index (κ3) is 3.18. The average Bonchev–Trinajstić information content (AvgIpc) is 3.15. The average molecular weight is 345 g/mol. The second kappa shape index (κ2) is 6.59. The lowest BCUT2D eigenvalue weighted by atomic mass is 9.75. The summed E-state index contributed by atoms with van der Waals surface area (Å²) >= 11 is 0. The molecule has 1 aliphatic carbocycles. The first-order valence-electron chi connectivity index (χ1n) is 8.82. The number of ether oxygens (including phenoxy) is 1. The molecule has 8 heteroatoms. The number of amides is 1. The molecule has 2 aliphatic rings. The number of aromatic amines is 1. The number of aromatic nitrogens is 4. The number of carbonyl (C=O) groups is 1. The molecule has 0 aromatic carbocycles. The van der Waals surface area contributed by atoms with Crippen LogP contribution in [0.4, 0.5) is 0 Å². The van der Waals surface area contributed by atoms with Crippen LogP contribution in [-0.4, -0.2) is 57.7 Å². The van der Waals surface area contributed by atoms with Crippen LogP contribution in [0.15, 0.2) is 17.0 Å². The van der Waals surface area contributed by atoms with Crippen LogP contribution in [0.1, 0.15) is 60.2 Å². The van der Waals surface area contributed by atoms with E-state index in [-0.39, 0.29) is 11.3 Å². The molecule has 0 atom stereocenters. The van der Waals surface area contributed by atoms with Crippen molar-refractivity contribution in [3.8, 4) is 0 Å². The number of piperidine rings is 1. The molecule has 3 heterocycles. The fourth-order valence-corrected chi connectivity index (χ4v) is 3.51. The van der Waals surface area contributed by atoms with Crippen LogP contribution < -0.4 is 0 Å². The Morgan fingerprint density at radius 3 is 2.88 bits per heavy atom. The van der Waals surface area contributed by atoms with Crippen LogP contribution in [0.2, 0.25) is 0 Å². The third-order valence-electron chi connectivity index (χ3n) is 5.36. The zero-order valence-electron chi connectivity index (χ0n) is 14.4. The Balaban J connectivity index is 1.49. The Bertz CT molecular complexity index is 714. The second-order valence-corrected chi connectivity index (χ2v) is 7.01. The number of nitrogens with one attached hydrogen (secondary N) is 1. The summed E-state index contributed by atoms with van der Waals surface area (Å²) in [4.78, 5) is 25.9. The topological polar surface area (TPSA) is 97.1 Å². The van der Waals surface area contributed by atoms with Gasteiger partial charge in [-0.15, -0.1) is 0 Å². The fraction of sp³-hybridized carbons (Fsp3) is 0.647. The van der Waals surface area contributed by atoms with Crippen LogP contribution in [0, 0.1) is 0 Å². The van der Waals surface area contributed by atoms with Gasteiger partial charge in [-0.2, -0.15) is 4.98 Å².